The van der Waals surface area contributed by atoms with Gasteiger partial charge in [-0.1, -0.05) is 30.3 Å². The topological polar surface area (TPSA) is 114 Å². The monoisotopic (exact) mass is 532 g/mol. The third-order valence-corrected chi connectivity index (χ3v) is 8.13. The normalized spacial score (nSPS) is 14.9. The van der Waals surface area contributed by atoms with Crippen molar-refractivity contribution < 1.29 is 19.4 Å². The van der Waals surface area contributed by atoms with Gasteiger partial charge >= 0.3 is 0 Å². The van der Waals surface area contributed by atoms with E-state index in [1.54, 1.807) is 7.11 Å². The summed E-state index contributed by atoms with van der Waals surface area (Å²) in [6.07, 6.45) is 5.36. The van der Waals surface area contributed by atoms with Gasteiger partial charge in [-0.2, -0.15) is 5.10 Å². The van der Waals surface area contributed by atoms with E-state index in [0.717, 1.165) is 71.3 Å². The highest BCUT2D eigenvalue weighted by atomic mass is 32.1. The molecule has 0 spiro atoms. The predicted octanol–water partition coefficient (Wildman–Crippen LogP) is 4.71. The standard InChI is InChI=1S/C29H32N4O4S/c1-18-22(17-38-28(18)29(30)35)26-19(7-9-24-21-5-3-4-6-23(21)31-32-24)8-10-25(27(26)36-2)37-16-15-33-13-11-20(34)12-14-33/h3-10,17,20,34H,11-16H2,1-2H3,(H2,30,35)(H,31,32). The second-order valence-electron chi connectivity index (χ2n) is 9.44. The quantitative estimate of drug-likeness (QED) is 0.288. The lowest BCUT2D eigenvalue weighted by Gasteiger charge is -2.29. The second-order valence-corrected chi connectivity index (χ2v) is 10.3. The maximum absolute atomic E-state index is 12.0. The number of amides is 1. The number of nitrogens with zero attached hydrogens (tertiary/aromatic N) is 2. The molecule has 2 aromatic carbocycles. The molecule has 3 heterocycles. The maximum atomic E-state index is 12.0. The number of nitrogens with one attached hydrogen (secondary N) is 1. The average Bonchev–Trinajstić information content (AvgIpc) is 3.51. The molecule has 0 radical (unpaired) electrons. The highest BCUT2D eigenvalue weighted by Crippen LogP contribution is 2.44. The maximum Gasteiger partial charge on any atom is 0.259 e. The summed E-state index contributed by atoms with van der Waals surface area (Å²) in [6.45, 7) is 4.89. The number of aliphatic hydroxyl groups excluding tert-OH is 1. The first-order valence-corrected chi connectivity index (χ1v) is 13.6. The van der Waals surface area contributed by atoms with Crippen LogP contribution in [0.3, 0.4) is 0 Å². The van der Waals surface area contributed by atoms with E-state index in [1.165, 1.54) is 11.3 Å². The van der Waals surface area contributed by atoms with Crippen LogP contribution >= 0.6 is 11.3 Å². The largest absolute Gasteiger partial charge is 0.492 e. The van der Waals surface area contributed by atoms with Gasteiger partial charge < -0.3 is 20.3 Å². The summed E-state index contributed by atoms with van der Waals surface area (Å²) in [6, 6.07) is 11.9. The molecule has 38 heavy (non-hydrogen) atoms. The van der Waals surface area contributed by atoms with Crippen molar-refractivity contribution in [1.29, 1.82) is 0 Å². The van der Waals surface area contributed by atoms with Crippen LogP contribution in [0.15, 0.2) is 41.8 Å². The Bertz CT molecular complexity index is 1470. The van der Waals surface area contributed by atoms with Crippen LogP contribution in [0.5, 0.6) is 11.5 Å². The molecule has 0 bridgehead atoms. The number of likely N-dealkylation sites (tertiary alicyclic amines) is 1. The molecule has 0 aliphatic carbocycles. The third kappa shape index (κ3) is 5.31. The number of hydrogen-bond acceptors (Lipinski definition) is 7. The molecule has 9 heteroatoms. The van der Waals surface area contributed by atoms with Crippen LogP contribution in [0.1, 0.15) is 39.3 Å². The van der Waals surface area contributed by atoms with Crippen LogP contribution < -0.4 is 15.2 Å². The SMILES string of the molecule is COc1c(OCCN2CCC(O)CC2)ccc(C=Cc2n[nH]c3ccccc23)c1-c1csc(C(N)=O)c1C. The molecule has 1 amide bonds. The van der Waals surface area contributed by atoms with Crippen LogP contribution in [0.4, 0.5) is 0 Å². The predicted molar refractivity (Wildman–Crippen MR) is 152 cm³/mol. The Morgan fingerprint density at radius 2 is 2.03 bits per heavy atom. The molecular weight excluding hydrogens is 500 g/mol. The summed E-state index contributed by atoms with van der Waals surface area (Å²) in [5, 5.41) is 20.3. The summed E-state index contributed by atoms with van der Waals surface area (Å²) < 4.78 is 12.1. The molecule has 198 valence electrons. The molecule has 4 N–H and O–H groups in total. The third-order valence-electron chi connectivity index (χ3n) is 7.03. The van der Waals surface area contributed by atoms with Gasteiger partial charge in [-0.15, -0.1) is 11.3 Å². The van der Waals surface area contributed by atoms with Crippen molar-refractivity contribution in [3.05, 3.63) is 63.5 Å². The van der Waals surface area contributed by atoms with Crippen LogP contribution in [-0.2, 0) is 0 Å². The van der Waals surface area contributed by atoms with Gasteiger partial charge in [-0.3, -0.25) is 14.8 Å². The lowest BCUT2D eigenvalue weighted by Crippen LogP contribution is -2.38. The lowest BCUT2D eigenvalue weighted by atomic mass is 9.96. The van der Waals surface area contributed by atoms with Crippen molar-refractivity contribution in [3.63, 3.8) is 0 Å². The Morgan fingerprint density at radius 3 is 2.76 bits per heavy atom. The number of H-pyrrole nitrogens is 1. The average molecular weight is 533 g/mol. The van der Waals surface area contributed by atoms with Crippen LogP contribution in [-0.4, -0.2) is 65.6 Å². The van der Waals surface area contributed by atoms with E-state index in [1.807, 2.05) is 60.9 Å². The number of fused-ring (bicyclic) bond motifs is 1. The minimum absolute atomic E-state index is 0.200. The first kappa shape index (κ1) is 26.0. The lowest BCUT2D eigenvalue weighted by molar-refractivity contribution is 0.0752. The Labute approximate surface area is 225 Å². The zero-order valence-corrected chi connectivity index (χ0v) is 22.4. The van der Waals surface area contributed by atoms with Crippen molar-refractivity contribution in [2.24, 2.45) is 5.73 Å². The fraction of sp³-hybridized carbons (Fsp3) is 0.310. The van der Waals surface area contributed by atoms with Gasteiger partial charge in [0.15, 0.2) is 11.5 Å². The molecule has 0 unspecified atom stereocenters. The number of ether oxygens (including phenoxy) is 2. The first-order chi connectivity index (χ1) is 18.5. The smallest absolute Gasteiger partial charge is 0.259 e. The van der Waals surface area contributed by atoms with Gasteiger partial charge in [0.1, 0.15) is 6.61 Å². The van der Waals surface area contributed by atoms with E-state index in [0.29, 0.717) is 23.0 Å². The fourth-order valence-electron chi connectivity index (χ4n) is 4.93. The van der Waals surface area contributed by atoms with Gasteiger partial charge in [0.25, 0.3) is 5.91 Å². The molecule has 0 atom stereocenters. The summed E-state index contributed by atoms with van der Waals surface area (Å²) in [5.74, 6) is 0.787. The Balaban J connectivity index is 1.49. The first-order valence-electron chi connectivity index (χ1n) is 12.7. The van der Waals surface area contributed by atoms with Gasteiger partial charge in [-0.05, 0) is 54.5 Å². The van der Waals surface area contributed by atoms with E-state index < -0.39 is 5.91 Å². The zero-order valence-electron chi connectivity index (χ0n) is 21.6. The molecule has 1 aliphatic rings. The zero-order chi connectivity index (χ0) is 26.6. The minimum Gasteiger partial charge on any atom is -0.492 e. The molecule has 2 aromatic heterocycles. The Hall–Kier alpha value is -3.66. The number of rotatable bonds is 9. The second kappa shape index (κ2) is 11.4. The van der Waals surface area contributed by atoms with Crippen molar-refractivity contribution in [2.45, 2.75) is 25.9 Å². The molecule has 4 aromatic rings. The van der Waals surface area contributed by atoms with Gasteiger partial charge in [0.2, 0.25) is 0 Å². The molecule has 1 aliphatic heterocycles. The molecule has 8 nitrogen and oxygen atoms in total. The number of carbonyl (C=O) groups is 1. The highest BCUT2D eigenvalue weighted by molar-refractivity contribution is 7.12. The van der Waals surface area contributed by atoms with E-state index in [9.17, 15) is 9.90 Å². The van der Waals surface area contributed by atoms with Crippen LogP contribution in [0.2, 0.25) is 0 Å². The number of methoxy groups -OCH3 is 1. The summed E-state index contributed by atoms with van der Waals surface area (Å²) in [5.41, 5.74) is 10.9. The molecule has 1 saturated heterocycles. The summed E-state index contributed by atoms with van der Waals surface area (Å²) in [4.78, 5) is 14.8. The van der Waals surface area contributed by atoms with E-state index in [2.05, 4.69) is 15.1 Å². The number of aromatic nitrogens is 2. The summed E-state index contributed by atoms with van der Waals surface area (Å²) in [7, 11) is 1.63. The fourth-order valence-corrected chi connectivity index (χ4v) is 5.86. The van der Waals surface area contributed by atoms with Crippen molar-refractivity contribution >= 4 is 40.3 Å². The number of aliphatic hydroxyl groups is 1. The van der Waals surface area contributed by atoms with Crippen LogP contribution in [0.25, 0.3) is 34.2 Å². The van der Waals surface area contributed by atoms with E-state index in [4.69, 9.17) is 15.2 Å². The number of carbonyl (C=O) groups excluding carboxylic acids is 1. The number of benzene rings is 2. The highest BCUT2D eigenvalue weighted by Gasteiger charge is 2.22. The van der Waals surface area contributed by atoms with Gasteiger partial charge in [-0.25, -0.2) is 0 Å². The van der Waals surface area contributed by atoms with Crippen molar-refractivity contribution in [2.75, 3.05) is 33.4 Å². The molecule has 5 rings (SSSR count). The number of piperidine rings is 1. The number of nitrogens with two attached hydrogens (primary N) is 1. The number of para-hydroxylation sites is 1. The van der Waals surface area contributed by atoms with Crippen molar-refractivity contribution in [3.8, 4) is 22.6 Å². The minimum atomic E-state index is -0.447. The van der Waals surface area contributed by atoms with E-state index >= 15 is 0 Å². The molecule has 1 fully saturated rings. The Kier molecular flexibility index (Phi) is 7.78. The number of primary amides is 1. The Morgan fingerprint density at radius 1 is 1.24 bits per heavy atom. The number of hydrogen-bond donors (Lipinski definition) is 3. The van der Waals surface area contributed by atoms with Gasteiger partial charge in [0, 0.05) is 36.1 Å². The number of aromatic amines is 1. The van der Waals surface area contributed by atoms with E-state index in [-0.39, 0.29) is 6.10 Å². The van der Waals surface area contributed by atoms with Gasteiger partial charge in [0.05, 0.1) is 29.3 Å². The molecular formula is C29H32N4O4S. The van der Waals surface area contributed by atoms with Crippen molar-refractivity contribution in [1.82, 2.24) is 15.1 Å². The number of thiophene rings is 1. The summed E-state index contributed by atoms with van der Waals surface area (Å²) >= 11 is 1.33. The molecule has 0 saturated carbocycles. The van der Waals surface area contributed by atoms with Crippen LogP contribution in [0, 0.1) is 6.92 Å².